The lowest BCUT2D eigenvalue weighted by molar-refractivity contribution is -0.119. The molecule has 0 saturated heterocycles. The van der Waals surface area contributed by atoms with Gasteiger partial charge < -0.3 is 21.3 Å². The van der Waals surface area contributed by atoms with Crippen LogP contribution in [0.5, 0.6) is 0 Å². The number of carbonyl (C=O) groups excluding carboxylic acids is 2. The van der Waals surface area contributed by atoms with E-state index in [2.05, 4.69) is 10.6 Å². The molecule has 6 heteroatoms. The van der Waals surface area contributed by atoms with Gasteiger partial charge in [-0.25, -0.2) is 0 Å². The SMILES string of the molecule is CCN(CC(=O)NC)c1cc(N)ccc1C(=O)NC. The molecule has 0 unspecified atom stereocenters. The number of carbonyl (C=O) groups is 2. The maximum absolute atomic E-state index is 11.8. The maximum atomic E-state index is 11.8. The fourth-order valence-corrected chi connectivity index (χ4v) is 1.76. The van der Waals surface area contributed by atoms with Crippen LogP contribution in [0.15, 0.2) is 18.2 Å². The minimum absolute atomic E-state index is 0.118. The van der Waals surface area contributed by atoms with Crippen molar-refractivity contribution in [3.8, 4) is 0 Å². The monoisotopic (exact) mass is 264 g/mol. The van der Waals surface area contributed by atoms with Crippen LogP contribution in [0.2, 0.25) is 0 Å². The average molecular weight is 264 g/mol. The van der Waals surface area contributed by atoms with Crippen LogP contribution in [-0.4, -0.2) is 39.0 Å². The molecule has 0 aromatic heterocycles. The second-order valence-electron chi connectivity index (χ2n) is 4.04. The summed E-state index contributed by atoms with van der Waals surface area (Å²) in [6.45, 7) is 2.70. The Labute approximate surface area is 113 Å². The predicted molar refractivity (Wildman–Crippen MR) is 76.2 cm³/mol. The molecule has 0 aliphatic heterocycles. The molecule has 1 rings (SSSR count). The number of rotatable bonds is 5. The number of amides is 2. The van der Waals surface area contributed by atoms with Crippen LogP contribution in [0.4, 0.5) is 11.4 Å². The first-order chi connectivity index (χ1) is 9.03. The molecule has 0 aliphatic carbocycles. The third-order valence-electron chi connectivity index (χ3n) is 2.83. The zero-order chi connectivity index (χ0) is 14.4. The topological polar surface area (TPSA) is 87.5 Å². The predicted octanol–water partition coefficient (Wildman–Crippen LogP) is 0.201. The Morgan fingerprint density at radius 3 is 2.47 bits per heavy atom. The number of anilines is 2. The van der Waals surface area contributed by atoms with Crippen molar-refractivity contribution in [1.82, 2.24) is 10.6 Å². The van der Waals surface area contributed by atoms with Crippen molar-refractivity contribution in [3.63, 3.8) is 0 Å². The Balaban J connectivity index is 3.17. The minimum atomic E-state index is -0.203. The number of nitrogens with zero attached hydrogens (tertiary/aromatic N) is 1. The van der Waals surface area contributed by atoms with E-state index < -0.39 is 0 Å². The third-order valence-corrected chi connectivity index (χ3v) is 2.83. The van der Waals surface area contributed by atoms with Gasteiger partial charge >= 0.3 is 0 Å². The Kier molecular flexibility index (Phi) is 5.17. The molecular formula is C13H20N4O2. The molecule has 2 amide bonds. The molecule has 0 bridgehead atoms. The average Bonchev–Trinajstić information content (AvgIpc) is 2.43. The second kappa shape index (κ2) is 6.63. The van der Waals surface area contributed by atoms with Crippen molar-refractivity contribution >= 4 is 23.2 Å². The van der Waals surface area contributed by atoms with Crippen molar-refractivity contribution in [3.05, 3.63) is 23.8 Å². The molecule has 1 aromatic carbocycles. The Morgan fingerprint density at radius 1 is 1.26 bits per heavy atom. The molecule has 0 atom stereocenters. The lowest BCUT2D eigenvalue weighted by Gasteiger charge is -2.24. The molecule has 0 saturated carbocycles. The van der Waals surface area contributed by atoms with Crippen LogP contribution in [0.3, 0.4) is 0 Å². The Bertz CT molecular complexity index is 474. The van der Waals surface area contributed by atoms with Gasteiger partial charge in [-0.05, 0) is 25.1 Å². The fourth-order valence-electron chi connectivity index (χ4n) is 1.76. The Morgan fingerprint density at radius 2 is 1.95 bits per heavy atom. The lowest BCUT2D eigenvalue weighted by atomic mass is 10.1. The van der Waals surface area contributed by atoms with E-state index in [1.807, 2.05) is 6.92 Å². The third kappa shape index (κ3) is 3.61. The van der Waals surface area contributed by atoms with Gasteiger partial charge in [-0.3, -0.25) is 9.59 Å². The molecule has 0 fully saturated rings. The number of nitrogen functional groups attached to an aromatic ring is 1. The number of benzene rings is 1. The standard InChI is InChI=1S/C13H20N4O2/c1-4-17(8-12(18)15-2)11-7-9(14)5-6-10(11)13(19)16-3/h5-7H,4,8,14H2,1-3H3,(H,15,18)(H,16,19). The summed E-state index contributed by atoms with van der Waals surface area (Å²) in [5.74, 6) is -0.322. The fraction of sp³-hybridized carbons (Fsp3) is 0.385. The summed E-state index contributed by atoms with van der Waals surface area (Å²) in [7, 11) is 3.15. The van der Waals surface area contributed by atoms with E-state index in [1.54, 1.807) is 37.2 Å². The van der Waals surface area contributed by atoms with Crippen LogP contribution < -0.4 is 21.3 Å². The summed E-state index contributed by atoms with van der Waals surface area (Å²) in [4.78, 5) is 25.2. The second-order valence-corrected chi connectivity index (χ2v) is 4.04. The van der Waals surface area contributed by atoms with Crippen molar-refractivity contribution in [2.45, 2.75) is 6.92 Å². The van der Waals surface area contributed by atoms with Gasteiger partial charge in [0.25, 0.3) is 5.91 Å². The van der Waals surface area contributed by atoms with Crippen molar-refractivity contribution in [1.29, 1.82) is 0 Å². The van der Waals surface area contributed by atoms with Gasteiger partial charge in [0.2, 0.25) is 5.91 Å². The van der Waals surface area contributed by atoms with Crippen LogP contribution in [0.1, 0.15) is 17.3 Å². The molecule has 6 nitrogen and oxygen atoms in total. The number of hydrogen-bond acceptors (Lipinski definition) is 4. The van der Waals surface area contributed by atoms with Gasteiger partial charge in [-0.15, -0.1) is 0 Å². The maximum Gasteiger partial charge on any atom is 0.253 e. The van der Waals surface area contributed by atoms with Crippen LogP contribution in [0, 0.1) is 0 Å². The van der Waals surface area contributed by atoms with Gasteiger partial charge in [0.15, 0.2) is 0 Å². The number of hydrogen-bond donors (Lipinski definition) is 3. The van der Waals surface area contributed by atoms with E-state index in [0.717, 1.165) is 0 Å². The van der Waals surface area contributed by atoms with Gasteiger partial charge in [-0.1, -0.05) is 0 Å². The zero-order valence-corrected chi connectivity index (χ0v) is 11.5. The highest BCUT2D eigenvalue weighted by atomic mass is 16.2. The molecule has 104 valence electrons. The summed E-state index contributed by atoms with van der Waals surface area (Å²) in [5.41, 5.74) is 7.48. The van der Waals surface area contributed by atoms with E-state index in [1.165, 1.54) is 0 Å². The normalized spacial score (nSPS) is 9.84. The summed E-state index contributed by atoms with van der Waals surface area (Å²) < 4.78 is 0. The highest BCUT2D eigenvalue weighted by Crippen LogP contribution is 2.23. The van der Waals surface area contributed by atoms with Gasteiger partial charge in [-0.2, -0.15) is 0 Å². The molecule has 0 aliphatic rings. The van der Waals surface area contributed by atoms with Crippen molar-refractivity contribution < 1.29 is 9.59 Å². The smallest absolute Gasteiger partial charge is 0.253 e. The summed E-state index contributed by atoms with van der Waals surface area (Å²) in [6, 6.07) is 5.04. The quantitative estimate of drug-likeness (QED) is 0.663. The number of nitrogens with one attached hydrogen (secondary N) is 2. The molecule has 4 N–H and O–H groups in total. The molecule has 0 radical (unpaired) electrons. The van der Waals surface area contributed by atoms with Gasteiger partial charge in [0, 0.05) is 26.3 Å². The van der Waals surface area contributed by atoms with E-state index in [-0.39, 0.29) is 18.4 Å². The van der Waals surface area contributed by atoms with E-state index >= 15 is 0 Å². The van der Waals surface area contributed by atoms with Crippen LogP contribution in [0.25, 0.3) is 0 Å². The van der Waals surface area contributed by atoms with E-state index in [4.69, 9.17) is 5.73 Å². The van der Waals surface area contributed by atoms with Crippen LogP contribution in [-0.2, 0) is 4.79 Å². The molecule has 0 spiro atoms. The summed E-state index contributed by atoms with van der Waals surface area (Å²) in [5, 5.41) is 5.14. The minimum Gasteiger partial charge on any atom is -0.399 e. The zero-order valence-electron chi connectivity index (χ0n) is 11.5. The molecule has 1 aromatic rings. The van der Waals surface area contributed by atoms with Crippen LogP contribution >= 0.6 is 0 Å². The first-order valence-corrected chi connectivity index (χ1v) is 6.10. The molecular weight excluding hydrogens is 244 g/mol. The summed E-state index contributed by atoms with van der Waals surface area (Å²) >= 11 is 0. The van der Waals surface area contributed by atoms with Crippen molar-refractivity contribution in [2.24, 2.45) is 0 Å². The molecule has 19 heavy (non-hydrogen) atoms. The van der Waals surface area contributed by atoms with Gasteiger partial charge in [0.05, 0.1) is 17.8 Å². The first kappa shape index (κ1) is 14.8. The number of nitrogens with two attached hydrogens (primary N) is 1. The largest absolute Gasteiger partial charge is 0.399 e. The summed E-state index contributed by atoms with van der Waals surface area (Å²) in [6.07, 6.45) is 0. The van der Waals surface area contributed by atoms with Gasteiger partial charge in [0.1, 0.15) is 0 Å². The van der Waals surface area contributed by atoms with Crippen molar-refractivity contribution in [2.75, 3.05) is 37.8 Å². The highest BCUT2D eigenvalue weighted by molar-refractivity contribution is 6.00. The lowest BCUT2D eigenvalue weighted by Crippen LogP contribution is -2.36. The first-order valence-electron chi connectivity index (χ1n) is 6.10. The highest BCUT2D eigenvalue weighted by Gasteiger charge is 2.17. The Hall–Kier alpha value is -2.24. The molecule has 0 heterocycles. The number of likely N-dealkylation sites (N-methyl/N-ethyl adjacent to an activating group) is 2. The van der Waals surface area contributed by atoms with E-state index in [0.29, 0.717) is 23.5 Å². The van der Waals surface area contributed by atoms with E-state index in [9.17, 15) is 9.59 Å².